The molecule has 0 fully saturated rings. The Balaban J connectivity index is 1.64. The molecule has 0 radical (unpaired) electrons. The third kappa shape index (κ3) is 4.35. The number of nitrogens with one attached hydrogen (secondary N) is 3. The number of rotatable bonds is 2. The van der Waals surface area contributed by atoms with Gasteiger partial charge in [0.25, 0.3) is 0 Å². The van der Waals surface area contributed by atoms with Crippen molar-refractivity contribution < 1.29 is 27.5 Å². The zero-order valence-electron chi connectivity index (χ0n) is 16.8. The molecule has 0 saturated carbocycles. The fourth-order valence-electron chi connectivity index (χ4n) is 3.74. The van der Waals surface area contributed by atoms with E-state index in [9.17, 15) is 22.8 Å². The summed E-state index contributed by atoms with van der Waals surface area (Å²) in [6, 6.07) is 8.11. The summed E-state index contributed by atoms with van der Waals surface area (Å²) in [6.45, 7) is 3.77. The molecule has 3 N–H and O–H groups in total. The summed E-state index contributed by atoms with van der Waals surface area (Å²) in [5.74, 6) is -0.335. The molecule has 0 spiro atoms. The summed E-state index contributed by atoms with van der Waals surface area (Å²) in [5, 5.41) is 8.12. The van der Waals surface area contributed by atoms with Crippen molar-refractivity contribution in [2.24, 2.45) is 0 Å². The van der Waals surface area contributed by atoms with Gasteiger partial charge in [-0.05, 0) is 43.7 Å². The van der Waals surface area contributed by atoms with Crippen LogP contribution >= 0.6 is 0 Å². The highest BCUT2D eigenvalue weighted by Crippen LogP contribution is 2.43. The van der Waals surface area contributed by atoms with Crippen molar-refractivity contribution in [2.75, 3.05) is 10.6 Å². The van der Waals surface area contributed by atoms with E-state index in [0.717, 1.165) is 17.7 Å². The smallest absolute Gasteiger partial charge is 0.416 e. The van der Waals surface area contributed by atoms with Crippen molar-refractivity contribution >= 4 is 28.9 Å². The predicted molar refractivity (Wildman–Crippen MR) is 110 cm³/mol. The average Bonchev–Trinajstić information content (AvgIpc) is 2.65. The number of urea groups is 1. The molecular weight excluding hydrogens is 411 g/mol. The molecule has 4 rings (SSSR count). The zero-order chi connectivity index (χ0) is 22.4. The monoisotopic (exact) mass is 431 g/mol. The second kappa shape index (κ2) is 7.33. The second-order valence-corrected chi connectivity index (χ2v) is 8.05. The van der Waals surface area contributed by atoms with Crippen molar-refractivity contribution in [3.05, 3.63) is 59.2 Å². The van der Waals surface area contributed by atoms with E-state index in [1.165, 1.54) is 12.1 Å². The maximum absolute atomic E-state index is 13.1. The van der Waals surface area contributed by atoms with E-state index in [-0.39, 0.29) is 18.3 Å². The summed E-state index contributed by atoms with van der Waals surface area (Å²) in [6.07, 6.45) is -2.76. The Bertz CT molecular complexity index is 1110. The first-order valence-corrected chi connectivity index (χ1v) is 9.61. The van der Waals surface area contributed by atoms with Crippen molar-refractivity contribution in [3.8, 4) is 5.75 Å². The van der Waals surface area contributed by atoms with Gasteiger partial charge in [-0.25, -0.2) is 4.79 Å². The number of carbonyl (C=O) groups excluding carboxylic acids is 2. The molecule has 31 heavy (non-hydrogen) atoms. The van der Waals surface area contributed by atoms with Crippen molar-refractivity contribution in [1.82, 2.24) is 5.32 Å². The highest BCUT2D eigenvalue weighted by molar-refractivity contribution is 6.06. The molecule has 0 atom stereocenters. The topological polar surface area (TPSA) is 79.5 Å². The van der Waals surface area contributed by atoms with Crippen LogP contribution in [-0.2, 0) is 17.5 Å². The van der Waals surface area contributed by atoms with Gasteiger partial charge in [0.05, 0.1) is 5.56 Å². The van der Waals surface area contributed by atoms with Crippen LogP contribution in [0.3, 0.4) is 0 Å². The van der Waals surface area contributed by atoms with Crippen molar-refractivity contribution in [3.63, 3.8) is 0 Å². The molecule has 0 aliphatic carbocycles. The maximum Gasteiger partial charge on any atom is 0.416 e. The number of halogens is 3. The first-order valence-electron chi connectivity index (χ1n) is 9.61. The molecule has 9 heteroatoms. The third-order valence-electron chi connectivity index (χ3n) is 5.07. The van der Waals surface area contributed by atoms with Gasteiger partial charge < -0.3 is 20.7 Å². The number of hydrogen-bond donors (Lipinski definition) is 3. The van der Waals surface area contributed by atoms with Gasteiger partial charge in [0, 0.05) is 41.5 Å². The van der Waals surface area contributed by atoms with E-state index in [1.807, 2.05) is 0 Å². The molecule has 3 amide bonds. The molecule has 0 unspecified atom stereocenters. The summed E-state index contributed by atoms with van der Waals surface area (Å²) in [7, 11) is 0. The van der Waals surface area contributed by atoms with Crippen LogP contribution < -0.4 is 20.7 Å². The van der Waals surface area contributed by atoms with Crippen molar-refractivity contribution in [2.45, 2.75) is 38.6 Å². The summed E-state index contributed by atoms with van der Waals surface area (Å²) in [4.78, 5) is 24.2. The van der Waals surface area contributed by atoms with Crippen LogP contribution in [0.1, 0.15) is 37.0 Å². The zero-order valence-corrected chi connectivity index (χ0v) is 16.8. The van der Waals surface area contributed by atoms with Gasteiger partial charge in [-0.3, -0.25) is 4.79 Å². The Kier molecular flexibility index (Phi) is 4.91. The number of fused-ring (bicyclic) bond motifs is 2. The first kappa shape index (κ1) is 20.8. The first-order chi connectivity index (χ1) is 14.5. The molecule has 162 valence electrons. The van der Waals surface area contributed by atoms with Gasteiger partial charge in [-0.2, -0.15) is 13.2 Å². The lowest BCUT2D eigenvalue weighted by atomic mass is 9.88. The standard InChI is InChI=1S/C22H20F3N3O3/c1-21(2)10-12(14-7-6-13(22(23,24)25)9-18(14)31-21)8-19(29)27-16-4-3-5-17-15(16)11-26-20(30)28-17/h3-9H,10-11H2,1-2H3,(H,27,29)(H2,26,28,30). The normalized spacial score (nSPS) is 18.2. The largest absolute Gasteiger partial charge is 0.487 e. The van der Waals surface area contributed by atoms with Crippen molar-refractivity contribution in [1.29, 1.82) is 0 Å². The number of anilines is 2. The number of carbonyl (C=O) groups is 2. The fourth-order valence-corrected chi connectivity index (χ4v) is 3.74. The van der Waals surface area contributed by atoms with Crippen LogP contribution in [0.5, 0.6) is 5.75 Å². The second-order valence-electron chi connectivity index (χ2n) is 8.05. The minimum atomic E-state index is -4.49. The summed E-state index contributed by atoms with van der Waals surface area (Å²) in [5.41, 5.74) is 1.32. The fraction of sp³-hybridized carbons (Fsp3) is 0.273. The van der Waals surface area contributed by atoms with Crippen LogP contribution in [0.15, 0.2) is 42.5 Å². The number of alkyl halides is 3. The Labute approximate surface area is 176 Å². The van der Waals surface area contributed by atoms with Gasteiger partial charge in [-0.15, -0.1) is 0 Å². The Morgan fingerprint density at radius 2 is 2.00 bits per heavy atom. The minimum Gasteiger partial charge on any atom is -0.487 e. The molecule has 6 nitrogen and oxygen atoms in total. The number of ether oxygens (including phenoxy) is 1. The molecule has 2 aliphatic heterocycles. The lowest BCUT2D eigenvalue weighted by Gasteiger charge is -2.34. The predicted octanol–water partition coefficient (Wildman–Crippen LogP) is 4.92. The molecule has 0 bridgehead atoms. The van der Waals surface area contributed by atoms with Gasteiger partial charge in [0.15, 0.2) is 0 Å². The van der Waals surface area contributed by atoms with Crippen LogP contribution in [0.4, 0.5) is 29.3 Å². The van der Waals surface area contributed by atoms with E-state index in [1.54, 1.807) is 32.0 Å². The Morgan fingerprint density at radius 1 is 1.23 bits per heavy atom. The molecule has 2 heterocycles. The van der Waals surface area contributed by atoms with E-state index in [0.29, 0.717) is 28.9 Å². The van der Waals surface area contributed by atoms with E-state index >= 15 is 0 Å². The average molecular weight is 431 g/mol. The maximum atomic E-state index is 13.1. The lowest BCUT2D eigenvalue weighted by Crippen LogP contribution is -2.34. The summed E-state index contributed by atoms with van der Waals surface area (Å²) >= 11 is 0. The van der Waals surface area contributed by atoms with Gasteiger partial charge in [0.2, 0.25) is 5.91 Å². The molecule has 0 aromatic heterocycles. The van der Waals surface area contributed by atoms with Gasteiger partial charge in [-0.1, -0.05) is 12.1 Å². The lowest BCUT2D eigenvalue weighted by molar-refractivity contribution is -0.137. The van der Waals surface area contributed by atoms with E-state index in [2.05, 4.69) is 16.0 Å². The van der Waals surface area contributed by atoms with E-state index < -0.39 is 23.2 Å². The number of hydrogen-bond acceptors (Lipinski definition) is 3. The highest BCUT2D eigenvalue weighted by atomic mass is 19.4. The molecule has 2 aromatic carbocycles. The highest BCUT2D eigenvalue weighted by Gasteiger charge is 2.35. The van der Waals surface area contributed by atoms with E-state index in [4.69, 9.17) is 4.74 Å². The van der Waals surface area contributed by atoms with Crippen LogP contribution in [-0.4, -0.2) is 17.5 Å². The van der Waals surface area contributed by atoms with Gasteiger partial charge in [0.1, 0.15) is 11.4 Å². The molecule has 2 aromatic rings. The Morgan fingerprint density at radius 3 is 2.74 bits per heavy atom. The van der Waals surface area contributed by atoms with Crippen LogP contribution in [0, 0.1) is 0 Å². The Hall–Kier alpha value is -3.49. The number of amides is 3. The third-order valence-corrected chi connectivity index (χ3v) is 5.07. The quantitative estimate of drug-likeness (QED) is 0.591. The number of benzene rings is 2. The molecule has 0 saturated heterocycles. The molecular formula is C22H20F3N3O3. The van der Waals surface area contributed by atoms with Crippen LogP contribution in [0.2, 0.25) is 0 Å². The minimum absolute atomic E-state index is 0.0918. The van der Waals surface area contributed by atoms with Crippen LogP contribution in [0.25, 0.3) is 5.57 Å². The summed E-state index contributed by atoms with van der Waals surface area (Å²) < 4.78 is 45.0. The SMILES string of the molecule is CC1(C)CC(=CC(=O)Nc2cccc3c2CNC(=O)N3)c2ccc(C(F)(F)F)cc2O1. The molecule has 2 aliphatic rings. The van der Waals surface area contributed by atoms with Gasteiger partial charge >= 0.3 is 12.2 Å².